The zero-order valence-corrected chi connectivity index (χ0v) is 9.96. The summed E-state index contributed by atoms with van der Waals surface area (Å²) >= 11 is 0. The Morgan fingerprint density at radius 3 is 2.39 bits per heavy atom. The van der Waals surface area contributed by atoms with Crippen LogP contribution in [0.1, 0.15) is 30.4 Å². The minimum absolute atomic E-state index is 0.0442. The molecule has 0 saturated heterocycles. The Kier molecular flexibility index (Phi) is 3.10. The predicted molar refractivity (Wildman–Crippen MR) is 62.8 cm³/mol. The number of carbonyl (C=O) groups is 1. The molecule has 5 nitrogen and oxygen atoms in total. The Morgan fingerprint density at radius 1 is 1.28 bits per heavy atom. The average Bonchev–Trinajstić information content (AvgIpc) is 2.75. The van der Waals surface area contributed by atoms with Gasteiger partial charge in [-0.1, -0.05) is 0 Å². The molecule has 2 rings (SSSR count). The molecule has 0 atom stereocenters. The molecule has 18 heavy (non-hydrogen) atoms. The summed E-state index contributed by atoms with van der Waals surface area (Å²) in [7, 11) is 0. The summed E-state index contributed by atoms with van der Waals surface area (Å²) < 4.78 is 12.8. The van der Waals surface area contributed by atoms with Gasteiger partial charge in [-0.25, -0.2) is 9.18 Å². The van der Waals surface area contributed by atoms with Gasteiger partial charge in [0.2, 0.25) is 0 Å². The molecule has 0 aliphatic heterocycles. The molecule has 0 radical (unpaired) electrons. The second-order valence-corrected chi connectivity index (χ2v) is 4.12. The molecule has 0 aliphatic rings. The minimum Gasteiger partial charge on any atom is -0.476 e. The smallest absolute Gasteiger partial charge is 0.358 e. The van der Waals surface area contributed by atoms with Crippen molar-refractivity contribution in [3.63, 3.8) is 0 Å². The fourth-order valence-corrected chi connectivity index (χ4v) is 1.50. The minimum atomic E-state index is -1.15. The molecule has 6 heteroatoms. The SMILES string of the molecule is CC(C)n1nc(C(=O)O)c(-c2ccc(F)cc2)n1. The zero-order chi connectivity index (χ0) is 13.3. The number of rotatable bonds is 3. The number of carboxylic acid groups (broad SMARTS) is 1. The Balaban J connectivity index is 2.55. The number of hydrogen-bond donors (Lipinski definition) is 1. The van der Waals surface area contributed by atoms with Crippen LogP contribution in [0.3, 0.4) is 0 Å². The van der Waals surface area contributed by atoms with Crippen LogP contribution >= 0.6 is 0 Å². The molecule has 94 valence electrons. The number of benzene rings is 1. The van der Waals surface area contributed by atoms with Crippen molar-refractivity contribution in [3.8, 4) is 11.3 Å². The maximum Gasteiger partial charge on any atom is 0.358 e. The predicted octanol–water partition coefficient (Wildman–Crippen LogP) is 2.36. The molecule has 1 N–H and O–H groups in total. The normalized spacial score (nSPS) is 10.9. The van der Waals surface area contributed by atoms with Gasteiger partial charge in [-0.3, -0.25) is 0 Å². The second kappa shape index (κ2) is 4.56. The summed E-state index contributed by atoms with van der Waals surface area (Å²) in [6.45, 7) is 3.69. The summed E-state index contributed by atoms with van der Waals surface area (Å²) in [5.74, 6) is -1.53. The van der Waals surface area contributed by atoms with Crippen molar-refractivity contribution in [2.75, 3.05) is 0 Å². The highest BCUT2D eigenvalue weighted by atomic mass is 19.1. The van der Waals surface area contributed by atoms with Gasteiger partial charge < -0.3 is 5.11 Å². The van der Waals surface area contributed by atoms with Crippen molar-refractivity contribution in [1.29, 1.82) is 0 Å². The van der Waals surface area contributed by atoms with Gasteiger partial charge in [-0.05, 0) is 38.1 Å². The van der Waals surface area contributed by atoms with Crippen LogP contribution in [-0.2, 0) is 0 Å². The van der Waals surface area contributed by atoms with E-state index in [2.05, 4.69) is 10.2 Å². The first-order valence-electron chi connectivity index (χ1n) is 5.45. The van der Waals surface area contributed by atoms with Crippen molar-refractivity contribution in [3.05, 3.63) is 35.8 Å². The lowest BCUT2D eigenvalue weighted by molar-refractivity contribution is 0.0690. The monoisotopic (exact) mass is 249 g/mol. The molecular weight excluding hydrogens is 237 g/mol. The van der Waals surface area contributed by atoms with Crippen LogP contribution < -0.4 is 0 Å². The number of hydrogen-bond acceptors (Lipinski definition) is 3. The molecule has 1 heterocycles. The first-order valence-corrected chi connectivity index (χ1v) is 5.45. The van der Waals surface area contributed by atoms with Crippen LogP contribution in [0.2, 0.25) is 0 Å². The highest BCUT2D eigenvalue weighted by Crippen LogP contribution is 2.21. The first kappa shape index (κ1) is 12.2. The van der Waals surface area contributed by atoms with Crippen molar-refractivity contribution in [2.24, 2.45) is 0 Å². The Labute approximate surface area is 103 Å². The fourth-order valence-electron chi connectivity index (χ4n) is 1.50. The summed E-state index contributed by atoms with van der Waals surface area (Å²) in [4.78, 5) is 12.4. The molecule has 0 saturated carbocycles. The van der Waals surface area contributed by atoms with Crippen molar-refractivity contribution < 1.29 is 14.3 Å². The quantitative estimate of drug-likeness (QED) is 0.906. The van der Waals surface area contributed by atoms with E-state index in [1.165, 1.54) is 29.1 Å². The lowest BCUT2D eigenvalue weighted by atomic mass is 10.1. The van der Waals surface area contributed by atoms with Crippen LogP contribution in [0.5, 0.6) is 0 Å². The highest BCUT2D eigenvalue weighted by Gasteiger charge is 2.20. The number of carboxylic acids is 1. The summed E-state index contributed by atoms with van der Waals surface area (Å²) in [6, 6.07) is 5.44. The summed E-state index contributed by atoms with van der Waals surface area (Å²) in [5, 5.41) is 17.1. The molecule has 2 aromatic rings. The molecule has 0 fully saturated rings. The van der Waals surface area contributed by atoms with Gasteiger partial charge >= 0.3 is 5.97 Å². The van der Waals surface area contributed by atoms with Gasteiger partial charge in [0.05, 0.1) is 6.04 Å². The Morgan fingerprint density at radius 2 is 1.89 bits per heavy atom. The van der Waals surface area contributed by atoms with Crippen LogP contribution in [0.4, 0.5) is 4.39 Å². The topological polar surface area (TPSA) is 68.0 Å². The maximum atomic E-state index is 12.8. The van der Waals surface area contributed by atoms with Crippen LogP contribution in [-0.4, -0.2) is 26.1 Å². The third kappa shape index (κ3) is 2.22. The summed E-state index contributed by atoms with van der Waals surface area (Å²) in [5.41, 5.74) is 0.646. The molecule has 0 amide bonds. The highest BCUT2D eigenvalue weighted by molar-refractivity contribution is 5.92. The van der Waals surface area contributed by atoms with Crippen molar-refractivity contribution >= 4 is 5.97 Å². The lowest BCUT2D eigenvalue weighted by Gasteiger charge is -2.01. The fraction of sp³-hybridized carbons (Fsp3) is 0.250. The van der Waals surface area contributed by atoms with Crippen LogP contribution in [0, 0.1) is 5.82 Å². The van der Waals surface area contributed by atoms with Crippen LogP contribution in [0.15, 0.2) is 24.3 Å². The number of halogens is 1. The Bertz CT molecular complexity index is 576. The Hall–Kier alpha value is -2.24. The number of nitrogens with zero attached hydrogens (tertiary/aromatic N) is 3. The second-order valence-electron chi connectivity index (χ2n) is 4.12. The molecule has 1 aromatic heterocycles. The molecule has 0 unspecified atom stereocenters. The molecule has 0 spiro atoms. The van der Waals surface area contributed by atoms with E-state index in [1.54, 1.807) is 0 Å². The third-order valence-electron chi connectivity index (χ3n) is 2.41. The van der Waals surface area contributed by atoms with E-state index in [-0.39, 0.29) is 23.2 Å². The largest absolute Gasteiger partial charge is 0.476 e. The zero-order valence-electron chi connectivity index (χ0n) is 9.96. The van der Waals surface area contributed by atoms with Gasteiger partial charge in [-0.15, -0.1) is 5.10 Å². The van der Waals surface area contributed by atoms with E-state index in [4.69, 9.17) is 5.11 Å². The van der Waals surface area contributed by atoms with Gasteiger partial charge in [0.15, 0.2) is 5.69 Å². The van der Waals surface area contributed by atoms with Gasteiger partial charge in [0.25, 0.3) is 0 Å². The lowest BCUT2D eigenvalue weighted by Crippen LogP contribution is -2.06. The average molecular weight is 249 g/mol. The molecule has 0 bridgehead atoms. The third-order valence-corrected chi connectivity index (χ3v) is 2.41. The van der Waals surface area contributed by atoms with Crippen LogP contribution in [0.25, 0.3) is 11.3 Å². The van der Waals surface area contributed by atoms with Crippen molar-refractivity contribution in [2.45, 2.75) is 19.9 Å². The van der Waals surface area contributed by atoms with Gasteiger partial charge in [0, 0.05) is 5.56 Å². The standard InChI is InChI=1S/C12H12FN3O2/c1-7(2)16-14-10(11(15-16)12(17)18)8-3-5-9(13)6-4-8/h3-7H,1-2H3,(H,17,18). The van der Waals surface area contributed by atoms with Gasteiger partial charge in [-0.2, -0.15) is 9.90 Å². The number of aromatic carboxylic acids is 1. The van der Waals surface area contributed by atoms with E-state index in [0.29, 0.717) is 5.56 Å². The van der Waals surface area contributed by atoms with E-state index in [0.717, 1.165) is 0 Å². The molecular formula is C12H12FN3O2. The molecule has 1 aromatic carbocycles. The number of aromatic nitrogens is 3. The maximum absolute atomic E-state index is 12.8. The van der Waals surface area contributed by atoms with Gasteiger partial charge in [0.1, 0.15) is 11.5 Å². The molecule has 0 aliphatic carbocycles. The van der Waals surface area contributed by atoms with E-state index in [1.807, 2.05) is 13.8 Å². The first-order chi connectivity index (χ1) is 8.49. The van der Waals surface area contributed by atoms with E-state index >= 15 is 0 Å². The van der Waals surface area contributed by atoms with E-state index < -0.39 is 5.97 Å². The van der Waals surface area contributed by atoms with Crippen molar-refractivity contribution in [1.82, 2.24) is 15.0 Å². The van der Waals surface area contributed by atoms with E-state index in [9.17, 15) is 9.18 Å². The summed E-state index contributed by atoms with van der Waals surface area (Å²) in [6.07, 6.45) is 0.